The Labute approximate surface area is 136 Å². The molecule has 2 unspecified atom stereocenters. The van der Waals surface area contributed by atoms with Gasteiger partial charge in [-0.3, -0.25) is 4.90 Å². The maximum Gasteiger partial charge on any atom is 0.0802 e. The van der Waals surface area contributed by atoms with E-state index in [-0.39, 0.29) is 6.10 Å². The molecule has 2 fully saturated rings. The van der Waals surface area contributed by atoms with E-state index in [0.717, 1.165) is 35.6 Å². The molecule has 0 saturated carbocycles. The Balaban J connectivity index is 1.49. The number of piperazine rings is 1. The Morgan fingerprint density at radius 1 is 1.24 bits per heavy atom. The Morgan fingerprint density at radius 3 is 3.00 bits per heavy atom. The molecular formula is C17H25BrN2O. The summed E-state index contributed by atoms with van der Waals surface area (Å²) in [7, 11) is 0. The Hall–Kier alpha value is -0.420. The zero-order valence-corrected chi connectivity index (χ0v) is 14.1. The van der Waals surface area contributed by atoms with Gasteiger partial charge in [-0.25, -0.2) is 0 Å². The van der Waals surface area contributed by atoms with Gasteiger partial charge in [0.25, 0.3) is 0 Å². The van der Waals surface area contributed by atoms with E-state index in [0.29, 0.717) is 0 Å². The van der Waals surface area contributed by atoms with E-state index in [1.165, 1.54) is 38.9 Å². The van der Waals surface area contributed by atoms with Gasteiger partial charge in [-0.05, 0) is 43.5 Å². The van der Waals surface area contributed by atoms with Gasteiger partial charge in [0.1, 0.15) is 0 Å². The van der Waals surface area contributed by atoms with Crippen LogP contribution in [-0.4, -0.2) is 53.7 Å². The van der Waals surface area contributed by atoms with E-state index in [2.05, 4.69) is 25.7 Å². The van der Waals surface area contributed by atoms with Crippen LogP contribution < -0.4 is 0 Å². The molecule has 116 valence electrons. The maximum atomic E-state index is 10.4. The number of rotatable bonds is 4. The van der Waals surface area contributed by atoms with Crippen molar-refractivity contribution in [2.24, 2.45) is 0 Å². The minimum atomic E-state index is -0.355. The topological polar surface area (TPSA) is 26.7 Å². The highest BCUT2D eigenvalue weighted by molar-refractivity contribution is 9.10. The van der Waals surface area contributed by atoms with E-state index >= 15 is 0 Å². The molecule has 3 rings (SSSR count). The lowest BCUT2D eigenvalue weighted by molar-refractivity contribution is 0.0405. The second-order valence-corrected chi connectivity index (χ2v) is 7.26. The molecule has 0 spiro atoms. The van der Waals surface area contributed by atoms with Gasteiger partial charge in [-0.2, -0.15) is 0 Å². The lowest BCUT2D eigenvalue weighted by Crippen LogP contribution is -2.54. The third kappa shape index (κ3) is 4.07. The quantitative estimate of drug-likeness (QED) is 0.901. The zero-order valence-electron chi connectivity index (χ0n) is 12.5. The molecule has 2 atom stereocenters. The number of hydrogen-bond donors (Lipinski definition) is 1. The summed E-state index contributed by atoms with van der Waals surface area (Å²) in [4.78, 5) is 5.19. The first kappa shape index (κ1) is 15.5. The Kier molecular flexibility index (Phi) is 5.33. The van der Waals surface area contributed by atoms with Crippen LogP contribution in [0.2, 0.25) is 0 Å². The van der Waals surface area contributed by atoms with Crippen LogP contribution in [-0.2, 0) is 0 Å². The van der Waals surface area contributed by atoms with Crippen molar-refractivity contribution in [3.8, 4) is 0 Å². The molecule has 21 heavy (non-hydrogen) atoms. The van der Waals surface area contributed by atoms with Crippen molar-refractivity contribution >= 4 is 15.9 Å². The number of aliphatic hydroxyl groups excluding tert-OH is 1. The molecule has 4 heteroatoms. The summed E-state index contributed by atoms with van der Waals surface area (Å²) in [6.45, 7) is 5.84. The molecule has 0 aliphatic carbocycles. The predicted octanol–water partition coefficient (Wildman–Crippen LogP) is 3.04. The molecule has 0 amide bonds. The number of halogens is 1. The summed E-state index contributed by atoms with van der Waals surface area (Å²) in [6.07, 6.45) is 4.58. The largest absolute Gasteiger partial charge is 0.388 e. The van der Waals surface area contributed by atoms with Crippen LogP contribution >= 0.6 is 15.9 Å². The summed E-state index contributed by atoms with van der Waals surface area (Å²) in [5.74, 6) is 0. The third-order valence-electron chi connectivity index (χ3n) is 4.87. The van der Waals surface area contributed by atoms with Crippen LogP contribution in [0.3, 0.4) is 0 Å². The van der Waals surface area contributed by atoms with Gasteiger partial charge in [0.05, 0.1) is 6.10 Å². The molecule has 2 heterocycles. The number of aliphatic hydroxyl groups is 1. The Bertz CT molecular complexity index is 468. The standard InChI is InChI=1S/C17H25BrN2O/c18-15-5-3-4-14(12-15)17(21)7-9-19-10-11-20-8-2-1-6-16(20)13-19/h3-5,12,16-17,21H,1-2,6-11,13H2. The summed E-state index contributed by atoms with van der Waals surface area (Å²) < 4.78 is 1.04. The lowest BCUT2D eigenvalue weighted by Gasteiger charge is -2.44. The highest BCUT2D eigenvalue weighted by Crippen LogP contribution is 2.24. The molecule has 2 saturated heterocycles. The highest BCUT2D eigenvalue weighted by atomic mass is 79.9. The van der Waals surface area contributed by atoms with Gasteiger partial charge in [0.15, 0.2) is 0 Å². The van der Waals surface area contributed by atoms with Gasteiger partial charge in [-0.1, -0.05) is 34.5 Å². The number of fused-ring (bicyclic) bond motifs is 1. The fourth-order valence-corrected chi connectivity index (χ4v) is 4.03. The molecule has 1 aromatic rings. The maximum absolute atomic E-state index is 10.4. The van der Waals surface area contributed by atoms with E-state index in [9.17, 15) is 5.11 Å². The van der Waals surface area contributed by atoms with E-state index in [4.69, 9.17) is 0 Å². The average Bonchev–Trinajstić information content (AvgIpc) is 2.52. The first-order valence-electron chi connectivity index (χ1n) is 8.12. The summed E-state index contributed by atoms with van der Waals surface area (Å²) in [5.41, 5.74) is 1.01. The molecule has 0 bridgehead atoms. The second kappa shape index (κ2) is 7.23. The zero-order chi connectivity index (χ0) is 14.7. The molecule has 0 radical (unpaired) electrons. The van der Waals surface area contributed by atoms with Crippen LogP contribution in [0.25, 0.3) is 0 Å². The number of piperidine rings is 1. The van der Waals surface area contributed by atoms with Gasteiger partial charge >= 0.3 is 0 Å². The van der Waals surface area contributed by atoms with Crippen LogP contribution in [0.4, 0.5) is 0 Å². The van der Waals surface area contributed by atoms with Crippen molar-refractivity contribution < 1.29 is 5.11 Å². The van der Waals surface area contributed by atoms with Gasteiger partial charge in [0, 0.05) is 36.7 Å². The normalized spacial score (nSPS) is 25.5. The molecule has 1 aromatic carbocycles. The van der Waals surface area contributed by atoms with Crippen molar-refractivity contribution in [2.45, 2.75) is 37.8 Å². The van der Waals surface area contributed by atoms with Crippen LogP contribution in [0.5, 0.6) is 0 Å². The minimum absolute atomic E-state index is 0.355. The fraction of sp³-hybridized carbons (Fsp3) is 0.647. The first-order chi connectivity index (χ1) is 10.2. The van der Waals surface area contributed by atoms with Crippen molar-refractivity contribution in [2.75, 3.05) is 32.7 Å². The molecule has 1 N–H and O–H groups in total. The summed E-state index contributed by atoms with van der Waals surface area (Å²) in [6, 6.07) is 8.77. The molecule has 3 nitrogen and oxygen atoms in total. The average molecular weight is 353 g/mol. The molecule has 2 aliphatic heterocycles. The summed E-state index contributed by atoms with van der Waals surface area (Å²) >= 11 is 3.47. The van der Waals surface area contributed by atoms with Crippen LogP contribution in [0.1, 0.15) is 37.4 Å². The van der Waals surface area contributed by atoms with Crippen molar-refractivity contribution in [3.05, 3.63) is 34.3 Å². The fourth-order valence-electron chi connectivity index (χ4n) is 3.61. The minimum Gasteiger partial charge on any atom is -0.388 e. The molecule has 0 aromatic heterocycles. The number of hydrogen-bond acceptors (Lipinski definition) is 3. The van der Waals surface area contributed by atoms with Crippen molar-refractivity contribution in [1.82, 2.24) is 9.80 Å². The van der Waals surface area contributed by atoms with Gasteiger partial charge in [0.2, 0.25) is 0 Å². The van der Waals surface area contributed by atoms with E-state index < -0.39 is 0 Å². The number of nitrogens with zero attached hydrogens (tertiary/aromatic N) is 2. The second-order valence-electron chi connectivity index (χ2n) is 6.35. The van der Waals surface area contributed by atoms with Crippen molar-refractivity contribution in [3.63, 3.8) is 0 Å². The monoisotopic (exact) mass is 352 g/mol. The van der Waals surface area contributed by atoms with Crippen LogP contribution in [0.15, 0.2) is 28.7 Å². The van der Waals surface area contributed by atoms with E-state index in [1.807, 2.05) is 24.3 Å². The van der Waals surface area contributed by atoms with E-state index in [1.54, 1.807) is 0 Å². The van der Waals surface area contributed by atoms with Gasteiger partial charge < -0.3 is 10.0 Å². The third-order valence-corrected chi connectivity index (χ3v) is 5.37. The van der Waals surface area contributed by atoms with Crippen LogP contribution in [0, 0.1) is 0 Å². The smallest absolute Gasteiger partial charge is 0.0802 e. The first-order valence-corrected chi connectivity index (χ1v) is 8.91. The predicted molar refractivity (Wildman–Crippen MR) is 89.4 cm³/mol. The molecule has 2 aliphatic rings. The molecular weight excluding hydrogens is 328 g/mol. The summed E-state index contributed by atoms with van der Waals surface area (Å²) in [5, 5.41) is 10.4. The van der Waals surface area contributed by atoms with Gasteiger partial charge in [-0.15, -0.1) is 0 Å². The Morgan fingerprint density at radius 2 is 2.14 bits per heavy atom. The van der Waals surface area contributed by atoms with Crippen molar-refractivity contribution in [1.29, 1.82) is 0 Å². The SMILES string of the molecule is OC(CCN1CCN2CCCCC2C1)c1cccc(Br)c1. The highest BCUT2D eigenvalue weighted by Gasteiger charge is 2.28. The number of benzene rings is 1. The lowest BCUT2D eigenvalue weighted by atomic mass is 9.99.